The quantitative estimate of drug-likeness (QED) is 0.684. The van der Waals surface area contributed by atoms with E-state index < -0.39 is 8.07 Å². The first-order chi connectivity index (χ1) is 8.30. The van der Waals surface area contributed by atoms with Crippen LogP contribution >= 0.6 is 0 Å². The lowest BCUT2D eigenvalue weighted by molar-refractivity contribution is 1.17. The van der Waals surface area contributed by atoms with Gasteiger partial charge in [-0.05, 0) is 33.2 Å². The Morgan fingerprint density at radius 2 is 1.44 bits per heavy atom. The number of allylic oxidation sites excluding steroid dienone is 4. The van der Waals surface area contributed by atoms with Gasteiger partial charge in [-0.3, -0.25) is 0 Å². The zero-order valence-corrected chi connectivity index (χ0v) is 13.5. The van der Waals surface area contributed by atoms with E-state index in [1.807, 2.05) is 0 Å². The predicted octanol–water partition coefficient (Wildman–Crippen LogP) is 4.50. The second kappa shape index (κ2) is 4.54. The van der Waals surface area contributed by atoms with E-state index in [2.05, 4.69) is 71.1 Å². The van der Waals surface area contributed by atoms with Gasteiger partial charge in [0.25, 0.3) is 0 Å². The molecule has 1 atom stereocenters. The molecule has 0 amide bonds. The predicted molar refractivity (Wildman–Crippen MR) is 84.3 cm³/mol. The fourth-order valence-corrected chi connectivity index (χ4v) is 6.65. The van der Waals surface area contributed by atoms with Gasteiger partial charge in [0.1, 0.15) is 0 Å². The lowest BCUT2D eigenvalue weighted by atomic mass is 10.2. The van der Waals surface area contributed by atoms with Gasteiger partial charge in [0.05, 0.1) is 8.07 Å². The molecule has 1 aliphatic rings. The van der Waals surface area contributed by atoms with Gasteiger partial charge in [0.15, 0.2) is 0 Å². The minimum Gasteiger partial charge on any atom is -0.0768 e. The summed E-state index contributed by atoms with van der Waals surface area (Å²) in [5.74, 6) is 0. The summed E-state index contributed by atoms with van der Waals surface area (Å²) in [5, 5.41) is 1.59. The molecule has 0 nitrogen and oxygen atoms in total. The maximum absolute atomic E-state index is 2.50. The van der Waals surface area contributed by atoms with Gasteiger partial charge in [-0.25, -0.2) is 0 Å². The Morgan fingerprint density at radius 1 is 0.889 bits per heavy atom. The van der Waals surface area contributed by atoms with Crippen molar-refractivity contribution in [3.8, 4) is 0 Å². The number of benzene rings is 1. The monoisotopic (exact) mass is 256 g/mol. The molecule has 18 heavy (non-hydrogen) atoms. The smallest absolute Gasteiger partial charge is 0.0768 e. The molecule has 0 aromatic heterocycles. The molecular formula is C17H24Si. The second-order valence-corrected chi connectivity index (χ2v) is 11.0. The molecule has 0 radical (unpaired) electrons. The molecule has 0 N–H and O–H groups in total. The van der Waals surface area contributed by atoms with Crippen molar-refractivity contribution in [3.63, 3.8) is 0 Å². The molecule has 1 unspecified atom stereocenters. The van der Waals surface area contributed by atoms with E-state index >= 15 is 0 Å². The average molecular weight is 256 g/mol. The van der Waals surface area contributed by atoms with E-state index in [9.17, 15) is 0 Å². The van der Waals surface area contributed by atoms with Crippen molar-refractivity contribution in [2.45, 2.75) is 46.3 Å². The van der Waals surface area contributed by atoms with Crippen LogP contribution in [0.25, 0.3) is 0 Å². The van der Waals surface area contributed by atoms with E-state index in [4.69, 9.17) is 0 Å². The molecule has 1 aromatic carbocycles. The van der Waals surface area contributed by atoms with E-state index in [1.54, 1.807) is 10.8 Å². The van der Waals surface area contributed by atoms with Crippen LogP contribution in [0.3, 0.4) is 0 Å². The lowest BCUT2D eigenvalue weighted by Crippen LogP contribution is -2.45. The van der Waals surface area contributed by atoms with Crippen LogP contribution in [0.5, 0.6) is 0 Å². The van der Waals surface area contributed by atoms with E-state index in [1.165, 1.54) is 16.7 Å². The number of rotatable bonds is 2. The van der Waals surface area contributed by atoms with Crippen molar-refractivity contribution in [3.05, 3.63) is 52.6 Å². The van der Waals surface area contributed by atoms with Crippen molar-refractivity contribution in [1.82, 2.24) is 0 Å². The van der Waals surface area contributed by atoms with Crippen molar-refractivity contribution >= 4 is 13.3 Å². The highest BCUT2D eigenvalue weighted by molar-refractivity contribution is 6.92. The molecule has 0 saturated carbocycles. The number of hydrogen-bond donors (Lipinski definition) is 0. The Labute approximate surface area is 112 Å². The van der Waals surface area contributed by atoms with Crippen LogP contribution in [-0.2, 0) is 0 Å². The maximum atomic E-state index is 2.50. The maximum Gasteiger partial charge on any atom is 0.0915 e. The van der Waals surface area contributed by atoms with Gasteiger partial charge in [-0.2, -0.15) is 0 Å². The van der Waals surface area contributed by atoms with Crippen LogP contribution in [0.15, 0.2) is 41.5 Å². The summed E-state index contributed by atoms with van der Waals surface area (Å²) < 4.78 is 0. The minimum absolute atomic E-state index is 0.665. The third-order valence-electron chi connectivity index (χ3n) is 4.12. The largest absolute Gasteiger partial charge is 0.0915 e. The molecule has 1 aromatic rings. The van der Waals surface area contributed by atoms with Crippen LogP contribution < -0.4 is 5.19 Å². The highest BCUT2D eigenvalue weighted by Gasteiger charge is 2.35. The fraction of sp³-hybridized carbons (Fsp3) is 0.412. The van der Waals surface area contributed by atoms with Crippen LogP contribution in [0.1, 0.15) is 25.0 Å². The van der Waals surface area contributed by atoms with Crippen LogP contribution in [0, 0.1) is 13.8 Å². The Morgan fingerprint density at radius 3 is 1.89 bits per heavy atom. The van der Waals surface area contributed by atoms with Gasteiger partial charge >= 0.3 is 0 Å². The number of aryl methyl sites for hydroxylation is 2. The molecular weight excluding hydrogens is 232 g/mol. The third kappa shape index (κ3) is 2.37. The first kappa shape index (κ1) is 13.4. The molecule has 1 heteroatoms. The fourth-order valence-electron chi connectivity index (χ4n) is 3.20. The summed E-state index contributed by atoms with van der Waals surface area (Å²) in [5.41, 5.74) is 6.43. The van der Waals surface area contributed by atoms with Crippen molar-refractivity contribution < 1.29 is 0 Å². The van der Waals surface area contributed by atoms with Crippen molar-refractivity contribution in [2.75, 3.05) is 0 Å². The van der Waals surface area contributed by atoms with E-state index in [-0.39, 0.29) is 0 Å². The molecule has 0 saturated heterocycles. The summed E-state index contributed by atoms with van der Waals surface area (Å²) in [6.45, 7) is 13.9. The third-order valence-corrected chi connectivity index (χ3v) is 8.07. The van der Waals surface area contributed by atoms with Gasteiger partial charge in [0.2, 0.25) is 0 Å². The van der Waals surface area contributed by atoms with Gasteiger partial charge in [-0.15, -0.1) is 0 Å². The van der Waals surface area contributed by atoms with Crippen LogP contribution in [-0.4, -0.2) is 8.07 Å². The molecule has 0 aliphatic heterocycles. The Bertz CT molecular complexity index is 512. The molecule has 0 heterocycles. The molecule has 96 valence electrons. The van der Waals surface area contributed by atoms with E-state index in [0.717, 1.165) is 0 Å². The first-order valence-corrected chi connectivity index (χ1v) is 9.84. The zero-order valence-electron chi connectivity index (χ0n) is 12.5. The zero-order chi connectivity index (χ0) is 13.5. The Kier molecular flexibility index (Phi) is 3.37. The molecule has 0 bridgehead atoms. The summed E-state index contributed by atoms with van der Waals surface area (Å²) in [6.07, 6.45) is 4.82. The SMILES string of the molecule is CC1=CC([Si](C)(C)c2cc(C)cc(C)c2)C(C)=C1. The second-order valence-electron chi connectivity index (χ2n) is 6.37. The highest BCUT2D eigenvalue weighted by atomic mass is 28.3. The van der Waals surface area contributed by atoms with Crippen LogP contribution in [0.4, 0.5) is 0 Å². The van der Waals surface area contributed by atoms with Gasteiger partial charge < -0.3 is 0 Å². The molecule has 1 aliphatic carbocycles. The summed E-state index contributed by atoms with van der Waals surface area (Å²) in [4.78, 5) is 0. The minimum atomic E-state index is -1.46. The normalized spacial score (nSPS) is 19.8. The molecule has 0 fully saturated rings. The lowest BCUT2D eigenvalue weighted by Gasteiger charge is -2.31. The summed E-state index contributed by atoms with van der Waals surface area (Å²) >= 11 is 0. The highest BCUT2D eigenvalue weighted by Crippen LogP contribution is 2.37. The molecule has 2 rings (SSSR count). The van der Waals surface area contributed by atoms with Gasteiger partial charge in [-0.1, -0.05) is 70.9 Å². The van der Waals surface area contributed by atoms with E-state index in [0.29, 0.717) is 5.54 Å². The average Bonchev–Trinajstić information content (AvgIpc) is 2.57. The van der Waals surface area contributed by atoms with Crippen molar-refractivity contribution in [2.24, 2.45) is 0 Å². The molecule has 0 spiro atoms. The standard InChI is InChI=1S/C17H24Si/c1-12-7-13(2)10-16(9-12)18(5,6)17-11-14(3)8-15(17)4/h7-11,17H,1-6H3. The first-order valence-electron chi connectivity index (χ1n) is 6.76. The Balaban J connectivity index is 2.45. The summed E-state index contributed by atoms with van der Waals surface area (Å²) in [6, 6.07) is 7.06. The van der Waals surface area contributed by atoms with Gasteiger partial charge in [0, 0.05) is 0 Å². The topological polar surface area (TPSA) is 0 Å². The van der Waals surface area contributed by atoms with Crippen molar-refractivity contribution in [1.29, 1.82) is 0 Å². The number of hydrogen-bond acceptors (Lipinski definition) is 0. The Hall–Kier alpha value is -1.08. The summed E-state index contributed by atoms with van der Waals surface area (Å²) in [7, 11) is -1.46. The van der Waals surface area contributed by atoms with Crippen LogP contribution in [0.2, 0.25) is 18.6 Å².